The molecular formula is C18H19N2O2+. The second-order valence-electron chi connectivity index (χ2n) is 6.30. The van der Waals surface area contributed by atoms with Gasteiger partial charge >= 0.3 is 0 Å². The first-order valence-electron chi connectivity index (χ1n) is 7.29. The molecule has 112 valence electrons. The summed E-state index contributed by atoms with van der Waals surface area (Å²) in [6.07, 6.45) is 0. The molecule has 0 aliphatic carbocycles. The zero-order chi connectivity index (χ0) is 15.7. The number of fused-ring (bicyclic) bond motifs is 1. The molecule has 0 saturated heterocycles. The number of quaternary nitrogens is 1. The van der Waals surface area contributed by atoms with Crippen LogP contribution in [0.25, 0.3) is 0 Å². The van der Waals surface area contributed by atoms with Gasteiger partial charge in [0.05, 0.1) is 25.2 Å². The Labute approximate surface area is 130 Å². The molecule has 0 aromatic heterocycles. The van der Waals surface area contributed by atoms with Gasteiger partial charge in [0.2, 0.25) is 0 Å². The highest BCUT2D eigenvalue weighted by molar-refractivity contribution is 6.21. The average molecular weight is 295 g/mol. The molecule has 0 atom stereocenters. The third-order valence-electron chi connectivity index (χ3n) is 3.86. The van der Waals surface area contributed by atoms with Crippen LogP contribution in [0.15, 0.2) is 54.6 Å². The Hall–Kier alpha value is -2.46. The highest BCUT2D eigenvalue weighted by atomic mass is 16.2. The van der Waals surface area contributed by atoms with Crippen LogP contribution in [0.3, 0.4) is 0 Å². The van der Waals surface area contributed by atoms with Crippen LogP contribution < -0.4 is 0 Å². The minimum atomic E-state index is -0.195. The van der Waals surface area contributed by atoms with Gasteiger partial charge in [-0.15, -0.1) is 0 Å². The van der Waals surface area contributed by atoms with Crippen LogP contribution in [-0.2, 0) is 6.54 Å². The number of benzene rings is 2. The van der Waals surface area contributed by atoms with Crippen molar-refractivity contribution in [3.05, 3.63) is 71.3 Å². The molecule has 0 radical (unpaired) electrons. The average Bonchev–Trinajstić information content (AvgIpc) is 2.73. The molecule has 0 unspecified atom stereocenters. The van der Waals surface area contributed by atoms with Gasteiger partial charge in [0, 0.05) is 5.56 Å². The summed E-state index contributed by atoms with van der Waals surface area (Å²) in [6, 6.07) is 17.1. The summed E-state index contributed by atoms with van der Waals surface area (Å²) in [7, 11) is 4.05. The van der Waals surface area contributed by atoms with Crippen LogP contribution in [0.1, 0.15) is 26.3 Å². The zero-order valence-corrected chi connectivity index (χ0v) is 12.8. The molecule has 2 amide bonds. The lowest BCUT2D eigenvalue weighted by molar-refractivity contribution is -0.910. The maximum atomic E-state index is 12.4. The van der Waals surface area contributed by atoms with E-state index in [1.54, 1.807) is 24.3 Å². The van der Waals surface area contributed by atoms with Crippen molar-refractivity contribution in [2.75, 3.05) is 20.8 Å². The Morgan fingerprint density at radius 1 is 0.818 bits per heavy atom. The molecule has 22 heavy (non-hydrogen) atoms. The summed E-state index contributed by atoms with van der Waals surface area (Å²) in [5.41, 5.74) is 2.20. The van der Waals surface area contributed by atoms with E-state index < -0.39 is 0 Å². The number of hydrogen-bond donors (Lipinski definition) is 0. The first kappa shape index (κ1) is 14.5. The molecule has 1 aliphatic heterocycles. The van der Waals surface area contributed by atoms with Gasteiger partial charge in [-0.3, -0.25) is 9.59 Å². The SMILES string of the molecule is C[N+](C)(Cc1ccccc1)CN1C(=O)c2ccccc2C1=O. The lowest BCUT2D eigenvalue weighted by Crippen LogP contribution is -2.49. The van der Waals surface area contributed by atoms with Crippen molar-refractivity contribution in [2.45, 2.75) is 6.54 Å². The second-order valence-corrected chi connectivity index (χ2v) is 6.30. The van der Waals surface area contributed by atoms with Crippen molar-refractivity contribution in [3.63, 3.8) is 0 Å². The van der Waals surface area contributed by atoms with Crippen LogP contribution in [0, 0.1) is 0 Å². The fourth-order valence-corrected chi connectivity index (χ4v) is 2.88. The van der Waals surface area contributed by atoms with Crippen LogP contribution in [0.4, 0.5) is 0 Å². The van der Waals surface area contributed by atoms with Crippen molar-refractivity contribution in [1.82, 2.24) is 4.90 Å². The minimum Gasteiger partial charge on any atom is -0.307 e. The number of rotatable bonds is 4. The fourth-order valence-electron chi connectivity index (χ4n) is 2.88. The normalized spacial score (nSPS) is 14.4. The topological polar surface area (TPSA) is 37.4 Å². The molecule has 1 aliphatic rings. The Morgan fingerprint density at radius 2 is 1.32 bits per heavy atom. The van der Waals surface area contributed by atoms with Gasteiger partial charge in [-0.25, -0.2) is 4.90 Å². The Morgan fingerprint density at radius 3 is 1.86 bits per heavy atom. The lowest BCUT2D eigenvalue weighted by atomic mass is 10.1. The predicted molar refractivity (Wildman–Crippen MR) is 84.1 cm³/mol. The van der Waals surface area contributed by atoms with Gasteiger partial charge in [-0.05, 0) is 12.1 Å². The monoisotopic (exact) mass is 295 g/mol. The third kappa shape index (κ3) is 2.65. The van der Waals surface area contributed by atoms with Gasteiger partial charge in [0.1, 0.15) is 6.54 Å². The van der Waals surface area contributed by atoms with Crippen LogP contribution in [0.5, 0.6) is 0 Å². The summed E-state index contributed by atoms with van der Waals surface area (Å²) in [5.74, 6) is -0.389. The second kappa shape index (κ2) is 5.39. The zero-order valence-electron chi connectivity index (χ0n) is 12.8. The first-order chi connectivity index (χ1) is 10.5. The molecular weight excluding hydrogens is 276 g/mol. The quantitative estimate of drug-likeness (QED) is 0.642. The first-order valence-corrected chi connectivity index (χ1v) is 7.29. The maximum Gasteiger partial charge on any atom is 0.265 e. The van der Waals surface area contributed by atoms with Crippen LogP contribution in [0.2, 0.25) is 0 Å². The number of carbonyl (C=O) groups excluding carboxylic acids is 2. The van der Waals surface area contributed by atoms with Gasteiger partial charge in [0.15, 0.2) is 6.67 Å². The molecule has 1 heterocycles. The standard InChI is InChI=1S/C18H19N2O2/c1-20(2,12-14-8-4-3-5-9-14)13-19-17(21)15-10-6-7-11-16(15)18(19)22/h3-11H,12-13H2,1-2H3/q+1. The summed E-state index contributed by atoms with van der Waals surface area (Å²) < 4.78 is 0.537. The molecule has 4 nitrogen and oxygen atoms in total. The van der Waals surface area contributed by atoms with E-state index in [1.807, 2.05) is 32.3 Å². The van der Waals surface area contributed by atoms with Gasteiger partial charge in [-0.2, -0.15) is 0 Å². The lowest BCUT2D eigenvalue weighted by Gasteiger charge is -2.32. The van der Waals surface area contributed by atoms with Crippen molar-refractivity contribution >= 4 is 11.8 Å². The van der Waals surface area contributed by atoms with E-state index in [1.165, 1.54) is 10.5 Å². The molecule has 0 spiro atoms. The van der Waals surface area contributed by atoms with Crippen molar-refractivity contribution in [3.8, 4) is 0 Å². The van der Waals surface area contributed by atoms with Gasteiger partial charge in [-0.1, -0.05) is 42.5 Å². The largest absolute Gasteiger partial charge is 0.307 e. The number of amides is 2. The van der Waals surface area contributed by atoms with E-state index in [-0.39, 0.29) is 11.8 Å². The van der Waals surface area contributed by atoms with Crippen molar-refractivity contribution in [2.24, 2.45) is 0 Å². The van der Waals surface area contributed by atoms with Crippen LogP contribution >= 0.6 is 0 Å². The predicted octanol–water partition coefficient (Wildman–Crippen LogP) is 2.52. The van der Waals surface area contributed by atoms with E-state index >= 15 is 0 Å². The number of imide groups is 1. The molecule has 0 fully saturated rings. The van der Waals surface area contributed by atoms with Crippen molar-refractivity contribution < 1.29 is 14.1 Å². The van der Waals surface area contributed by atoms with Crippen molar-refractivity contribution in [1.29, 1.82) is 0 Å². The van der Waals surface area contributed by atoms with Crippen LogP contribution in [-0.4, -0.2) is 42.0 Å². The fraction of sp³-hybridized carbons (Fsp3) is 0.222. The highest BCUT2D eigenvalue weighted by Gasteiger charge is 2.38. The minimum absolute atomic E-state index is 0.195. The highest BCUT2D eigenvalue weighted by Crippen LogP contribution is 2.24. The van der Waals surface area contributed by atoms with E-state index in [2.05, 4.69) is 12.1 Å². The summed E-state index contributed by atoms with van der Waals surface area (Å²) in [6.45, 7) is 1.12. The molecule has 2 aromatic rings. The smallest absolute Gasteiger partial charge is 0.265 e. The van der Waals surface area contributed by atoms with E-state index in [4.69, 9.17) is 0 Å². The number of nitrogens with zero attached hydrogens (tertiary/aromatic N) is 2. The molecule has 2 aromatic carbocycles. The Bertz CT molecular complexity index is 688. The van der Waals surface area contributed by atoms with E-state index in [0.29, 0.717) is 22.3 Å². The molecule has 0 bridgehead atoms. The maximum absolute atomic E-state index is 12.4. The summed E-state index contributed by atoms with van der Waals surface area (Å²) in [4.78, 5) is 26.2. The molecule has 0 saturated carbocycles. The van der Waals surface area contributed by atoms with E-state index in [0.717, 1.165) is 6.54 Å². The molecule has 3 rings (SSSR count). The molecule has 4 heteroatoms. The number of carbonyl (C=O) groups is 2. The molecule has 0 N–H and O–H groups in total. The summed E-state index contributed by atoms with van der Waals surface area (Å²) in [5, 5.41) is 0. The third-order valence-corrected chi connectivity index (χ3v) is 3.86. The van der Waals surface area contributed by atoms with Gasteiger partial charge < -0.3 is 4.48 Å². The number of hydrogen-bond acceptors (Lipinski definition) is 2. The Balaban J connectivity index is 1.79. The Kier molecular flexibility index (Phi) is 3.54. The summed E-state index contributed by atoms with van der Waals surface area (Å²) >= 11 is 0. The van der Waals surface area contributed by atoms with Gasteiger partial charge in [0.25, 0.3) is 11.8 Å². The van der Waals surface area contributed by atoms with E-state index in [9.17, 15) is 9.59 Å².